The van der Waals surface area contributed by atoms with Gasteiger partial charge in [0.15, 0.2) is 5.96 Å². The second-order valence-electron chi connectivity index (χ2n) is 6.94. The summed E-state index contributed by atoms with van der Waals surface area (Å²) in [6, 6.07) is 8.68. The molecule has 1 aromatic carbocycles. The van der Waals surface area contributed by atoms with Crippen LogP contribution in [0.1, 0.15) is 44.3 Å². The lowest BCUT2D eigenvalue weighted by atomic mass is 10.1. The van der Waals surface area contributed by atoms with E-state index in [2.05, 4.69) is 27.4 Å². The van der Waals surface area contributed by atoms with Crippen LogP contribution in [-0.4, -0.2) is 54.2 Å². The summed E-state index contributed by atoms with van der Waals surface area (Å²) in [7, 11) is 0. The highest BCUT2D eigenvalue weighted by Crippen LogP contribution is 2.29. The Morgan fingerprint density at radius 1 is 1.28 bits per heavy atom. The van der Waals surface area contributed by atoms with Gasteiger partial charge < -0.3 is 20.6 Å². The first-order valence-electron chi connectivity index (χ1n) is 9.38. The van der Waals surface area contributed by atoms with Gasteiger partial charge in [-0.05, 0) is 38.7 Å². The fourth-order valence-electron chi connectivity index (χ4n) is 3.38. The fourth-order valence-corrected chi connectivity index (χ4v) is 3.65. The van der Waals surface area contributed by atoms with Crippen LogP contribution in [0.15, 0.2) is 29.3 Å². The smallest absolute Gasteiger partial charge is 0.191 e. The molecule has 0 spiro atoms. The van der Waals surface area contributed by atoms with Gasteiger partial charge in [-0.15, -0.1) is 0 Å². The van der Waals surface area contributed by atoms with Crippen LogP contribution < -0.4 is 10.6 Å². The zero-order valence-corrected chi connectivity index (χ0v) is 15.7. The molecule has 3 rings (SSSR count). The van der Waals surface area contributed by atoms with Gasteiger partial charge in [0.2, 0.25) is 0 Å². The lowest BCUT2D eigenvalue weighted by Gasteiger charge is -2.33. The van der Waals surface area contributed by atoms with E-state index in [-0.39, 0.29) is 0 Å². The van der Waals surface area contributed by atoms with Crippen LogP contribution in [-0.2, 0) is 0 Å². The van der Waals surface area contributed by atoms with Crippen molar-refractivity contribution in [3.8, 4) is 0 Å². The summed E-state index contributed by atoms with van der Waals surface area (Å²) in [5, 5.41) is 17.8. The van der Waals surface area contributed by atoms with Gasteiger partial charge in [-0.2, -0.15) is 0 Å². The van der Waals surface area contributed by atoms with Crippen molar-refractivity contribution in [1.82, 2.24) is 15.5 Å². The van der Waals surface area contributed by atoms with E-state index >= 15 is 0 Å². The zero-order valence-electron chi connectivity index (χ0n) is 14.9. The number of piperidine rings is 1. The monoisotopic (exact) mass is 364 g/mol. The molecule has 1 heterocycles. The van der Waals surface area contributed by atoms with Crippen LogP contribution in [0.3, 0.4) is 0 Å². The van der Waals surface area contributed by atoms with Gasteiger partial charge in [0.05, 0.1) is 6.54 Å². The van der Waals surface area contributed by atoms with Gasteiger partial charge in [-0.25, -0.2) is 0 Å². The first kappa shape index (κ1) is 18.5. The van der Waals surface area contributed by atoms with E-state index in [0.29, 0.717) is 17.6 Å². The molecule has 3 N–H and O–H groups in total. The van der Waals surface area contributed by atoms with Crippen LogP contribution in [0, 0.1) is 0 Å². The van der Waals surface area contributed by atoms with Crippen molar-refractivity contribution in [2.24, 2.45) is 4.99 Å². The standard InChI is InChI=1S/C19H29ClN4O/c1-2-21-19(22-13-18(25)16-5-3-4-6-17(16)20)23-14-9-11-24(12-10-14)15-7-8-15/h3-6,14-15,18,25H,2,7-13H2,1H3,(H2,21,22,23). The Morgan fingerprint density at radius 2 is 2.00 bits per heavy atom. The number of aliphatic hydroxyl groups excluding tert-OH is 1. The molecule has 6 heteroatoms. The SMILES string of the molecule is CCNC(=NCC(O)c1ccccc1Cl)NC1CCN(C2CC2)CC1. The highest BCUT2D eigenvalue weighted by atomic mass is 35.5. The maximum atomic E-state index is 10.4. The molecule has 0 bridgehead atoms. The number of hydrogen-bond acceptors (Lipinski definition) is 3. The summed E-state index contributed by atoms with van der Waals surface area (Å²) >= 11 is 6.15. The van der Waals surface area contributed by atoms with E-state index in [1.807, 2.05) is 18.2 Å². The summed E-state index contributed by atoms with van der Waals surface area (Å²) < 4.78 is 0. The summed E-state index contributed by atoms with van der Waals surface area (Å²) in [6.07, 6.45) is 4.35. The van der Waals surface area contributed by atoms with Crippen LogP contribution in [0.2, 0.25) is 5.02 Å². The van der Waals surface area contributed by atoms with Crippen molar-refractivity contribution in [1.29, 1.82) is 0 Å². The van der Waals surface area contributed by atoms with Crippen molar-refractivity contribution >= 4 is 17.6 Å². The molecule has 0 radical (unpaired) electrons. The number of guanidine groups is 1. The Morgan fingerprint density at radius 3 is 2.64 bits per heavy atom. The van der Waals surface area contributed by atoms with Gasteiger partial charge in [0.1, 0.15) is 6.10 Å². The van der Waals surface area contributed by atoms with Crippen LogP contribution in [0.25, 0.3) is 0 Å². The molecule has 1 aromatic rings. The minimum absolute atomic E-state index is 0.292. The maximum Gasteiger partial charge on any atom is 0.191 e. The number of aliphatic imine (C=N–C) groups is 1. The predicted molar refractivity (Wildman–Crippen MR) is 103 cm³/mol. The van der Waals surface area contributed by atoms with E-state index in [4.69, 9.17) is 11.6 Å². The Balaban J connectivity index is 1.53. The Hall–Kier alpha value is -1.30. The number of benzene rings is 1. The third kappa shape index (κ3) is 5.33. The zero-order chi connectivity index (χ0) is 17.6. The lowest BCUT2D eigenvalue weighted by molar-refractivity contribution is 0.186. The second-order valence-corrected chi connectivity index (χ2v) is 7.35. The number of hydrogen-bond donors (Lipinski definition) is 3. The Kier molecular flexibility index (Phi) is 6.57. The molecule has 5 nitrogen and oxygen atoms in total. The van der Waals surface area contributed by atoms with Crippen molar-refractivity contribution in [2.45, 2.75) is 50.8 Å². The van der Waals surface area contributed by atoms with Crippen molar-refractivity contribution in [3.05, 3.63) is 34.9 Å². The van der Waals surface area contributed by atoms with Crippen molar-refractivity contribution in [3.63, 3.8) is 0 Å². The van der Waals surface area contributed by atoms with Gasteiger partial charge in [0.25, 0.3) is 0 Å². The largest absolute Gasteiger partial charge is 0.386 e. The number of halogens is 1. The average Bonchev–Trinajstić information content (AvgIpc) is 3.46. The number of rotatable bonds is 6. The van der Waals surface area contributed by atoms with Crippen molar-refractivity contribution < 1.29 is 5.11 Å². The molecule has 2 aliphatic rings. The third-order valence-corrected chi connectivity index (χ3v) is 5.31. The molecule has 1 saturated heterocycles. The highest BCUT2D eigenvalue weighted by Gasteiger charge is 2.31. The number of nitrogens with zero attached hydrogens (tertiary/aromatic N) is 2. The van der Waals surface area contributed by atoms with Gasteiger partial charge in [-0.3, -0.25) is 4.99 Å². The molecule has 1 aliphatic carbocycles. The molecule has 138 valence electrons. The first-order valence-corrected chi connectivity index (χ1v) is 9.76. The molecule has 0 aromatic heterocycles. The Bertz CT molecular complexity index is 583. The molecule has 1 saturated carbocycles. The van der Waals surface area contributed by atoms with Gasteiger partial charge >= 0.3 is 0 Å². The maximum absolute atomic E-state index is 10.4. The fraction of sp³-hybridized carbons (Fsp3) is 0.632. The molecule has 0 amide bonds. The van der Waals surface area contributed by atoms with Crippen LogP contribution in [0.5, 0.6) is 0 Å². The van der Waals surface area contributed by atoms with Gasteiger partial charge in [-0.1, -0.05) is 29.8 Å². The van der Waals surface area contributed by atoms with E-state index < -0.39 is 6.10 Å². The van der Waals surface area contributed by atoms with E-state index in [0.717, 1.165) is 37.0 Å². The Labute approximate surface area is 155 Å². The highest BCUT2D eigenvalue weighted by molar-refractivity contribution is 6.31. The number of nitrogens with one attached hydrogen (secondary N) is 2. The van der Waals surface area contributed by atoms with Gasteiger partial charge in [0, 0.05) is 42.3 Å². The number of aliphatic hydroxyl groups is 1. The molecule has 1 aliphatic heterocycles. The summed E-state index contributed by atoms with van der Waals surface area (Å²) in [4.78, 5) is 7.18. The normalized spacial score (nSPS) is 21.2. The van der Waals surface area contributed by atoms with Crippen LogP contribution in [0.4, 0.5) is 0 Å². The number of likely N-dealkylation sites (tertiary alicyclic amines) is 1. The molecule has 1 atom stereocenters. The molecule has 25 heavy (non-hydrogen) atoms. The first-order chi connectivity index (χ1) is 12.2. The second kappa shape index (κ2) is 8.88. The van der Waals surface area contributed by atoms with Crippen LogP contribution >= 0.6 is 11.6 Å². The molecular formula is C19H29ClN4O. The molecule has 1 unspecified atom stereocenters. The molecular weight excluding hydrogens is 336 g/mol. The third-order valence-electron chi connectivity index (χ3n) is 4.96. The minimum Gasteiger partial charge on any atom is -0.386 e. The van der Waals surface area contributed by atoms with E-state index in [1.54, 1.807) is 6.07 Å². The summed E-state index contributed by atoms with van der Waals surface area (Å²) in [5.74, 6) is 0.776. The lowest BCUT2D eigenvalue weighted by Crippen LogP contribution is -2.49. The van der Waals surface area contributed by atoms with E-state index in [1.165, 1.54) is 25.9 Å². The summed E-state index contributed by atoms with van der Waals surface area (Å²) in [5.41, 5.74) is 0.724. The quantitative estimate of drug-likeness (QED) is 0.536. The average molecular weight is 365 g/mol. The van der Waals surface area contributed by atoms with Crippen molar-refractivity contribution in [2.75, 3.05) is 26.2 Å². The predicted octanol–water partition coefficient (Wildman–Crippen LogP) is 2.56. The summed E-state index contributed by atoms with van der Waals surface area (Å²) in [6.45, 7) is 5.49. The van der Waals surface area contributed by atoms with E-state index in [9.17, 15) is 5.11 Å². The topological polar surface area (TPSA) is 59.9 Å². The molecule has 2 fully saturated rings. The minimum atomic E-state index is -0.694.